The van der Waals surface area contributed by atoms with Crippen LogP contribution in [-0.4, -0.2) is 16.6 Å². The van der Waals surface area contributed by atoms with Gasteiger partial charge in [-0.15, -0.1) is 12.4 Å². The molecule has 3 nitrogen and oxygen atoms in total. The van der Waals surface area contributed by atoms with Crippen molar-refractivity contribution >= 4 is 46.5 Å². The Bertz CT molecular complexity index is 876. The highest BCUT2D eigenvalue weighted by atomic mass is 35.5. The Hall–Kier alpha value is -1.39. The number of benzene rings is 2. The van der Waals surface area contributed by atoms with Crippen LogP contribution in [-0.2, 0) is 6.42 Å². The molecule has 0 aliphatic carbocycles. The Morgan fingerprint density at radius 3 is 2.57 bits per heavy atom. The van der Waals surface area contributed by atoms with Gasteiger partial charge in [-0.05, 0) is 42.3 Å². The summed E-state index contributed by atoms with van der Waals surface area (Å²) >= 11 is 12.1. The predicted molar refractivity (Wildman–Crippen MR) is 97.2 cm³/mol. The summed E-state index contributed by atoms with van der Waals surface area (Å²) < 4.78 is 0. The maximum atomic E-state index is 10.2. The third-order valence-electron chi connectivity index (χ3n) is 4.22. The van der Waals surface area contributed by atoms with Gasteiger partial charge in [0.05, 0.1) is 6.04 Å². The second-order valence-electron chi connectivity index (χ2n) is 5.55. The quantitative estimate of drug-likeness (QED) is 0.575. The Labute approximate surface area is 150 Å². The highest BCUT2D eigenvalue weighted by Gasteiger charge is 2.27. The summed E-state index contributed by atoms with van der Waals surface area (Å²) in [7, 11) is 0. The maximum Gasteiger partial charge on any atom is 0.122 e. The van der Waals surface area contributed by atoms with Crippen LogP contribution >= 0.6 is 35.6 Å². The lowest BCUT2D eigenvalue weighted by Gasteiger charge is -2.25. The molecule has 2 heterocycles. The molecule has 0 spiro atoms. The van der Waals surface area contributed by atoms with Crippen molar-refractivity contribution in [1.29, 1.82) is 0 Å². The van der Waals surface area contributed by atoms with E-state index in [9.17, 15) is 5.11 Å². The molecule has 0 amide bonds. The topological polar surface area (TPSA) is 48.0 Å². The van der Waals surface area contributed by atoms with Crippen molar-refractivity contribution < 1.29 is 5.11 Å². The summed E-state index contributed by atoms with van der Waals surface area (Å²) in [5.41, 5.74) is 4.23. The van der Waals surface area contributed by atoms with Crippen LogP contribution in [0.1, 0.15) is 22.9 Å². The molecule has 3 N–H and O–H groups in total. The van der Waals surface area contributed by atoms with E-state index in [0.717, 1.165) is 40.1 Å². The van der Waals surface area contributed by atoms with Crippen LogP contribution < -0.4 is 5.32 Å². The molecule has 120 valence electrons. The van der Waals surface area contributed by atoms with Crippen LogP contribution in [0.15, 0.2) is 36.4 Å². The second-order valence-corrected chi connectivity index (χ2v) is 6.42. The van der Waals surface area contributed by atoms with E-state index in [4.69, 9.17) is 23.2 Å². The maximum absolute atomic E-state index is 10.2. The molecule has 2 aromatic carbocycles. The first kappa shape index (κ1) is 16.5. The SMILES string of the molecule is Cl.Oc1cc(Cl)ccc1C1NCCc2c1[nH]c1ccc(Cl)cc21. The zero-order chi connectivity index (χ0) is 15.3. The minimum Gasteiger partial charge on any atom is -0.508 e. The van der Waals surface area contributed by atoms with E-state index in [1.807, 2.05) is 24.3 Å². The number of H-pyrrole nitrogens is 1. The number of aromatic hydroxyl groups is 1. The first-order valence-electron chi connectivity index (χ1n) is 7.15. The van der Waals surface area contributed by atoms with E-state index in [0.29, 0.717) is 5.02 Å². The van der Waals surface area contributed by atoms with Crippen LogP contribution in [0.25, 0.3) is 10.9 Å². The Kier molecular flexibility index (Phi) is 4.47. The molecule has 0 fully saturated rings. The van der Waals surface area contributed by atoms with Crippen molar-refractivity contribution in [2.45, 2.75) is 12.5 Å². The summed E-state index contributed by atoms with van der Waals surface area (Å²) in [6.45, 7) is 0.846. The van der Waals surface area contributed by atoms with Crippen LogP contribution in [0.4, 0.5) is 0 Å². The van der Waals surface area contributed by atoms with Crippen LogP contribution in [0.3, 0.4) is 0 Å². The fourth-order valence-electron chi connectivity index (χ4n) is 3.23. The number of aromatic nitrogens is 1. The Balaban J connectivity index is 0.00000156. The molecule has 0 bridgehead atoms. The standard InChI is InChI=1S/C17H14Cl2N2O.ClH/c18-9-2-4-14-13(7-9)11-5-6-20-16(17(11)21-14)12-3-1-10(19)8-15(12)22;/h1-4,7-8,16,20-22H,5-6H2;1H. The van der Waals surface area contributed by atoms with Gasteiger partial charge < -0.3 is 15.4 Å². The van der Waals surface area contributed by atoms with E-state index in [-0.39, 0.29) is 24.2 Å². The molecule has 6 heteroatoms. The molecule has 23 heavy (non-hydrogen) atoms. The van der Waals surface area contributed by atoms with E-state index in [1.54, 1.807) is 12.1 Å². The molecule has 0 saturated carbocycles. The van der Waals surface area contributed by atoms with Gasteiger partial charge in [0.2, 0.25) is 0 Å². The molecule has 1 aromatic heterocycles. The number of nitrogens with one attached hydrogen (secondary N) is 2. The van der Waals surface area contributed by atoms with E-state index >= 15 is 0 Å². The van der Waals surface area contributed by atoms with Crippen molar-refractivity contribution in [2.75, 3.05) is 6.54 Å². The van der Waals surface area contributed by atoms with Crippen LogP contribution in [0.5, 0.6) is 5.75 Å². The van der Waals surface area contributed by atoms with Gasteiger partial charge in [0.1, 0.15) is 5.75 Å². The van der Waals surface area contributed by atoms with Crippen LogP contribution in [0, 0.1) is 0 Å². The summed E-state index contributed by atoms with van der Waals surface area (Å²) in [6, 6.07) is 11.0. The van der Waals surface area contributed by atoms with Gasteiger partial charge in [-0.2, -0.15) is 0 Å². The zero-order valence-corrected chi connectivity index (χ0v) is 14.4. The Morgan fingerprint density at radius 1 is 1.04 bits per heavy atom. The minimum absolute atomic E-state index is 0. The number of halogens is 3. The van der Waals surface area contributed by atoms with Crippen LogP contribution in [0.2, 0.25) is 10.0 Å². The molecule has 1 unspecified atom stereocenters. The van der Waals surface area contributed by atoms with Gasteiger partial charge in [-0.3, -0.25) is 0 Å². The highest BCUT2D eigenvalue weighted by Crippen LogP contribution is 2.37. The summed E-state index contributed by atoms with van der Waals surface area (Å²) in [4.78, 5) is 3.47. The molecule has 0 radical (unpaired) electrons. The molecule has 1 aliphatic heterocycles. The molecular weight excluding hydrogens is 355 g/mol. The van der Waals surface area contributed by atoms with Gasteiger partial charge in [-0.1, -0.05) is 29.3 Å². The number of aromatic amines is 1. The smallest absolute Gasteiger partial charge is 0.122 e. The van der Waals surface area contributed by atoms with Gasteiger partial charge in [0.25, 0.3) is 0 Å². The molecule has 1 atom stereocenters. The van der Waals surface area contributed by atoms with Gasteiger partial charge in [0, 0.05) is 38.8 Å². The van der Waals surface area contributed by atoms with Crippen molar-refractivity contribution in [2.24, 2.45) is 0 Å². The third kappa shape index (κ3) is 2.79. The lowest BCUT2D eigenvalue weighted by Crippen LogP contribution is -2.30. The van der Waals surface area contributed by atoms with E-state index < -0.39 is 0 Å². The average molecular weight is 370 g/mol. The zero-order valence-electron chi connectivity index (χ0n) is 12.1. The molecule has 0 saturated heterocycles. The van der Waals surface area contributed by atoms with E-state index in [1.165, 1.54) is 5.56 Å². The summed E-state index contributed by atoms with van der Waals surface area (Å²) in [6.07, 6.45) is 0.931. The van der Waals surface area contributed by atoms with Crippen molar-refractivity contribution in [3.8, 4) is 5.75 Å². The lowest BCUT2D eigenvalue weighted by atomic mass is 9.94. The largest absolute Gasteiger partial charge is 0.508 e. The molecule has 4 rings (SSSR count). The fourth-order valence-corrected chi connectivity index (χ4v) is 3.56. The molecular formula is C17H15Cl3N2O. The predicted octanol–water partition coefficient (Wildman–Crippen LogP) is 4.84. The normalized spacial score (nSPS) is 16.9. The van der Waals surface area contributed by atoms with Crippen molar-refractivity contribution in [3.63, 3.8) is 0 Å². The van der Waals surface area contributed by atoms with Gasteiger partial charge in [0.15, 0.2) is 0 Å². The number of hydrogen-bond acceptors (Lipinski definition) is 2. The Morgan fingerprint density at radius 2 is 1.78 bits per heavy atom. The van der Waals surface area contributed by atoms with Gasteiger partial charge in [-0.25, -0.2) is 0 Å². The third-order valence-corrected chi connectivity index (χ3v) is 4.69. The first-order valence-corrected chi connectivity index (χ1v) is 7.91. The molecule has 3 aromatic rings. The number of phenols is 1. The minimum atomic E-state index is -0.0767. The van der Waals surface area contributed by atoms with Crippen molar-refractivity contribution in [1.82, 2.24) is 10.3 Å². The number of phenolic OH excluding ortho intramolecular Hbond substituents is 1. The van der Waals surface area contributed by atoms with Crippen molar-refractivity contribution in [3.05, 3.63) is 63.3 Å². The number of fused-ring (bicyclic) bond motifs is 3. The summed E-state index contributed by atoms with van der Waals surface area (Å²) in [5, 5.41) is 16.1. The van der Waals surface area contributed by atoms with Gasteiger partial charge >= 0.3 is 0 Å². The number of rotatable bonds is 1. The first-order chi connectivity index (χ1) is 10.6. The fraction of sp³-hybridized carbons (Fsp3) is 0.176. The lowest BCUT2D eigenvalue weighted by molar-refractivity contribution is 0.452. The molecule has 1 aliphatic rings. The van der Waals surface area contributed by atoms with E-state index in [2.05, 4.69) is 10.3 Å². The highest BCUT2D eigenvalue weighted by molar-refractivity contribution is 6.31. The second kappa shape index (κ2) is 6.25. The summed E-state index contributed by atoms with van der Waals surface area (Å²) in [5.74, 6) is 0.203. The number of hydrogen-bond donors (Lipinski definition) is 3. The monoisotopic (exact) mass is 368 g/mol. The average Bonchev–Trinajstić information content (AvgIpc) is 2.85.